The first-order valence-corrected chi connectivity index (χ1v) is 24.5. The van der Waals surface area contributed by atoms with E-state index in [1.54, 1.807) is 0 Å². The number of nitrogens with zero attached hydrogens (tertiary/aromatic N) is 2. The Hall–Kier alpha value is -8.12. The van der Waals surface area contributed by atoms with Gasteiger partial charge >= 0.3 is 6.85 Å². The van der Waals surface area contributed by atoms with Crippen LogP contribution in [0.15, 0.2) is 249 Å². The molecule has 0 amide bonds. The summed E-state index contributed by atoms with van der Waals surface area (Å²) in [6.07, 6.45) is 0. The zero-order valence-electron chi connectivity index (χ0n) is 35.6. The number of aromatic nitrogens is 1. The predicted molar refractivity (Wildman–Crippen MR) is 275 cm³/mol. The van der Waals surface area contributed by atoms with Crippen LogP contribution in [0.3, 0.4) is 0 Å². The van der Waals surface area contributed by atoms with E-state index in [9.17, 15) is 0 Å². The zero-order valence-corrected chi connectivity index (χ0v) is 36.6. The highest BCUT2D eigenvalue weighted by Gasteiger charge is 2.45. The minimum Gasteiger partial charge on any atom is -0.458 e. The van der Waals surface area contributed by atoms with Crippen molar-refractivity contribution in [2.24, 2.45) is 0 Å². The Kier molecular flexibility index (Phi) is 8.65. The number of ether oxygens (including phenoxy) is 1. The number of hydrogen-bond acceptors (Lipinski definition) is 2. The van der Waals surface area contributed by atoms with E-state index in [-0.39, 0.29) is 6.85 Å². The van der Waals surface area contributed by atoms with E-state index in [2.05, 4.69) is 258 Å². The normalized spacial score (nSPS) is 12.7. The summed E-state index contributed by atoms with van der Waals surface area (Å²) in [7, 11) is -2.76. The third-order valence-electron chi connectivity index (χ3n) is 13.8. The molecule has 2 aliphatic rings. The fraction of sp³-hybridized carbons (Fsp3) is 0. The van der Waals surface area contributed by atoms with Crippen LogP contribution in [0.2, 0.25) is 0 Å². The van der Waals surface area contributed by atoms with E-state index in [4.69, 9.17) is 4.74 Å². The first-order chi connectivity index (χ1) is 32.3. The topological polar surface area (TPSA) is 17.4 Å². The first kappa shape index (κ1) is 37.4. The van der Waals surface area contributed by atoms with Crippen molar-refractivity contribution in [2.45, 2.75) is 0 Å². The van der Waals surface area contributed by atoms with Crippen LogP contribution in [0.4, 0.5) is 11.4 Å². The van der Waals surface area contributed by atoms with Gasteiger partial charge in [0, 0.05) is 39.2 Å². The van der Waals surface area contributed by atoms with Crippen molar-refractivity contribution in [3.63, 3.8) is 0 Å². The second-order valence-electron chi connectivity index (χ2n) is 17.2. The average Bonchev–Trinajstić information content (AvgIpc) is 3.72. The maximum atomic E-state index is 7.00. The lowest BCUT2D eigenvalue weighted by Gasteiger charge is -2.42. The van der Waals surface area contributed by atoms with Crippen molar-refractivity contribution in [1.29, 1.82) is 0 Å². The van der Waals surface area contributed by atoms with Gasteiger partial charge in [0.25, 0.3) is 0 Å². The molecule has 0 saturated heterocycles. The molecular formula is C60H41BN2OSi. The number of anilines is 2. The molecule has 0 unspecified atom stereocenters. The third kappa shape index (κ3) is 5.76. The Balaban J connectivity index is 1.06. The lowest BCUT2D eigenvalue weighted by molar-refractivity contribution is 0.487. The Morgan fingerprint density at radius 3 is 1.55 bits per heavy atom. The predicted octanol–water partition coefficient (Wildman–Crippen LogP) is 10.9. The number of hydrogen-bond donors (Lipinski definition) is 0. The van der Waals surface area contributed by atoms with Crippen LogP contribution < -0.4 is 41.2 Å². The molecule has 2 aliphatic heterocycles. The van der Waals surface area contributed by atoms with Crippen LogP contribution in [-0.4, -0.2) is 19.5 Å². The molecule has 0 radical (unpaired) electrons. The smallest absolute Gasteiger partial charge is 0.336 e. The first-order valence-electron chi connectivity index (χ1n) is 22.5. The van der Waals surface area contributed by atoms with Crippen LogP contribution >= 0.6 is 0 Å². The molecule has 0 aliphatic carbocycles. The highest BCUT2D eigenvalue weighted by molar-refractivity contribution is 7.20. The second-order valence-corrected chi connectivity index (χ2v) is 21.0. The van der Waals surface area contributed by atoms with Crippen molar-refractivity contribution in [1.82, 2.24) is 4.57 Å². The maximum Gasteiger partial charge on any atom is 0.336 e. The van der Waals surface area contributed by atoms with Crippen molar-refractivity contribution >= 4 is 79.8 Å². The summed E-state index contributed by atoms with van der Waals surface area (Å²) in [4.78, 5) is 2.55. The molecule has 5 heteroatoms. The number of fused-ring (bicyclic) bond motifs is 7. The SMILES string of the molecule is c1ccc(N2B3c4ccccc4Oc4cc(-n5c6ccccc6c6ccccc65)cc(c43)-c3ccc(-c4cccc([Si](c5ccccc5)(c5ccccc5)c5ccccc5)c4)cc32)cc1. The van der Waals surface area contributed by atoms with Gasteiger partial charge in [-0.05, 0) is 85.4 Å². The Labute approximate surface area is 380 Å². The molecule has 10 aromatic carbocycles. The fourth-order valence-corrected chi connectivity index (χ4v) is 15.8. The Morgan fingerprint density at radius 1 is 0.369 bits per heavy atom. The minimum absolute atomic E-state index is 0.122. The summed E-state index contributed by atoms with van der Waals surface area (Å²) in [5, 5.41) is 7.90. The summed E-state index contributed by atoms with van der Waals surface area (Å²) >= 11 is 0. The lowest BCUT2D eigenvalue weighted by Crippen LogP contribution is -2.74. The molecule has 0 atom stereocenters. The molecule has 1 aromatic heterocycles. The molecule has 13 rings (SSSR count). The summed E-state index contributed by atoms with van der Waals surface area (Å²) in [6, 6.07) is 91.7. The minimum atomic E-state index is -2.76. The monoisotopic (exact) mass is 844 g/mol. The molecule has 0 spiro atoms. The average molecular weight is 845 g/mol. The van der Waals surface area contributed by atoms with Crippen molar-refractivity contribution in [3.05, 3.63) is 249 Å². The van der Waals surface area contributed by atoms with Gasteiger partial charge in [0.15, 0.2) is 8.07 Å². The van der Waals surface area contributed by atoms with Gasteiger partial charge in [-0.25, -0.2) is 0 Å². The maximum absolute atomic E-state index is 7.00. The van der Waals surface area contributed by atoms with Crippen LogP contribution in [0.1, 0.15) is 0 Å². The second kappa shape index (κ2) is 15.0. The molecule has 0 saturated carbocycles. The van der Waals surface area contributed by atoms with Gasteiger partial charge < -0.3 is 14.1 Å². The molecule has 0 N–H and O–H groups in total. The number of benzene rings is 10. The van der Waals surface area contributed by atoms with Crippen LogP contribution in [0, 0.1) is 0 Å². The Bertz CT molecular complexity index is 3440. The standard InChI is InChI=1S/C60H41BN2OSi/c1-5-21-44(22-6-1)63-57-39-43(42-20-19-29-49(38-42)65(46-23-7-2-8-24-46,47-25-9-3-10-26-47)48-27-11-4-12-28-48)36-37-52(57)53-40-45(41-59-60(53)61(63)54-32-15-18-35-58(54)64-59)62-55-33-16-13-30-50(55)51-31-14-17-34-56(51)62/h1-41H. The molecular weight excluding hydrogens is 804 g/mol. The number of para-hydroxylation sites is 4. The fourth-order valence-electron chi connectivity index (χ4n) is 11.0. The van der Waals surface area contributed by atoms with E-state index in [0.717, 1.165) is 34.0 Å². The molecule has 0 bridgehead atoms. The van der Waals surface area contributed by atoms with E-state index < -0.39 is 8.07 Å². The van der Waals surface area contributed by atoms with Gasteiger partial charge in [0.05, 0.1) is 16.7 Å². The van der Waals surface area contributed by atoms with Gasteiger partial charge in [0.1, 0.15) is 11.5 Å². The molecule has 3 heterocycles. The van der Waals surface area contributed by atoms with Crippen molar-refractivity contribution in [2.75, 3.05) is 4.81 Å². The highest BCUT2D eigenvalue weighted by Crippen LogP contribution is 2.47. The van der Waals surface area contributed by atoms with Gasteiger partial charge in [-0.1, -0.05) is 200 Å². The van der Waals surface area contributed by atoms with E-state index in [0.29, 0.717) is 0 Å². The molecule has 11 aromatic rings. The summed E-state index contributed by atoms with van der Waals surface area (Å²) in [6.45, 7) is -0.122. The van der Waals surface area contributed by atoms with Crippen molar-refractivity contribution < 1.29 is 4.74 Å². The third-order valence-corrected chi connectivity index (χ3v) is 18.5. The summed E-state index contributed by atoms with van der Waals surface area (Å²) in [5.74, 6) is 1.77. The van der Waals surface area contributed by atoms with Gasteiger partial charge in [-0.2, -0.15) is 0 Å². The quantitative estimate of drug-likeness (QED) is 0.117. The van der Waals surface area contributed by atoms with Crippen molar-refractivity contribution in [3.8, 4) is 39.4 Å². The molecule has 0 fully saturated rings. The van der Waals surface area contributed by atoms with Crippen LogP contribution in [-0.2, 0) is 0 Å². The van der Waals surface area contributed by atoms with Crippen LogP contribution in [0.5, 0.6) is 11.5 Å². The van der Waals surface area contributed by atoms with E-state index in [1.807, 2.05) is 0 Å². The highest BCUT2D eigenvalue weighted by atomic mass is 28.3. The molecule has 304 valence electrons. The van der Waals surface area contributed by atoms with Crippen LogP contribution in [0.25, 0.3) is 49.7 Å². The largest absolute Gasteiger partial charge is 0.458 e. The lowest BCUT2D eigenvalue weighted by atomic mass is 9.44. The molecule has 65 heavy (non-hydrogen) atoms. The number of rotatable bonds is 7. The Morgan fingerprint density at radius 2 is 0.908 bits per heavy atom. The zero-order chi connectivity index (χ0) is 42.9. The van der Waals surface area contributed by atoms with Gasteiger partial charge in [0.2, 0.25) is 0 Å². The molecule has 3 nitrogen and oxygen atoms in total. The van der Waals surface area contributed by atoms with Gasteiger partial charge in [-0.3, -0.25) is 0 Å². The van der Waals surface area contributed by atoms with E-state index >= 15 is 0 Å². The summed E-state index contributed by atoms with van der Waals surface area (Å²) in [5.41, 5.74) is 12.8. The van der Waals surface area contributed by atoms with E-state index in [1.165, 1.54) is 70.3 Å². The summed E-state index contributed by atoms with van der Waals surface area (Å²) < 4.78 is 9.41. The van der Waals surface area contributed by atoms with Gasteiger partial charge in [-0.15, -0.1) is 0 Å².